The number of carboxylic acids is 1. The normalized spacial score (nSPS) is 13.4. The number of rotatable bonds is 6. The molecule has 0 aliphatic rings. The summed E-state index contributed by atoms with van der Waals surface area (Å²) in [6.07, 6.45) is 0. The van der Waals surface area contributed by atoms with Crippen molar-refractivity contribution in [3.63, 3.8) is 0 Å². The lowest BCUT2D eigenvalue weighted by Crippen LogP contribution is -2.31. The Morgan fingerprint density at radius 1 is 1.19 bits per heavy atom. The molecule has 0 aliphatic heterocycles. The van der Waals surface area contributed by atoms with Crippen LogP contribution in [0.3, 0.4) is 0 Å². The van der Waals surface area contributed by atoms with Gasteiger partial charge >= 0.3 is 5.97 Å². The summed E-state index contributed by atoms with van der Waals surface area (Å²) in [5.41, 5.74) is 0.136. The summed E-state index contributed by atoms with van der Waals surface area (Å²) in [6, 6.07) is 12.0. The number of hydrogen-bond acceptors (Lipinski definition) is 5. The van der Waals surface area contributed by atoms with Crippen LogP contribution in [0.25, 0.3) is 11.0 Å². The first-order chi connectivity index (χ1) is 12.3. The Bertz CT molecular complexity index is 944. The van der Waals surface area contributed by atoms with Gasteiger partial charge in [0, 0.05) is 13.1 Å². The number of fused-ring (bicyclic) bond motifs is 1. The van der Waals surface area contributed by atoms with E-state index in [2.05, 4.69) is 4.98 Å². The number of carboxylic acid groups (broad SMARTS) is 1. The zero-order valence-electron chi connectivity index (χ0n) is 14.8. The summed E-state index contributed by atoms with van der Waals surface area (Å²) < 4.78 is 12.9. The number of aromatic nitrogens is 2. The van der Waals surface area contributed by atoms with E-state index in [1.165, 1.54) is 19.1 Å². The third kappa shape index (κ3) is 3.21. The molecule has 2 N–H and O–H groups in total. The smallest absolute Gasteiger partial charge is 0.340 e. The highest BCUT2D eigenvalue weighted by molar-refractivity contribution is 5.78. The Balaban J connectivity index is 1.76. The van der Waals surface area contributed by atoms with Gasteiger partial charge in [-0.2, -0.15) is 0 Å². The van der Waals surface area contributed by atoms with Crippen LogP contribution in [0.4, 0.5) is 0 Å². The quantitative estimate of drug-likeness (QED) is 0.705. The molecule has 136 valence electrons. The fraction of sp³-hybridized carbons (Fsp3) is 0.263. The van der Waals surface area contributed by atoms with E-state index in [1.807, 2.05) is 29.8 Å². The van der Waals surface area contributed by atoms with Gasteiger partial charge in [0.15, 0.2) is 5.60 Å². The first-order valence-electron chi connectivity index (χ1n) is 8.01. The second-order valence-electron chi connectivity index (χ2n) is 6.13. The topological polar surface area (TPSA) is 93.8 Å². The van der Waals surface area contributed by atoms with Crippen LogP contribution in [0, 0.1) is 0 Å². The Morgan fingerprint density at radius 2 is 1.85 bits per heavy atom. The number of methoxy groups -OCH3 is 1. The average molecular weight is 356 g/mol. The molecule has 3 rings (SSSR count). The molecular weight excluding hydrogens is 336 g/mol. The van der Waals surface area contributed by atoms with Gasteiger partial charge in [0.1, 0.15) is 23.9 Å². The number of aliphatic carboxylic acids is 1. The number of aliphatic hydroxyl groups is 1. The Hall–Kier alpha value is -3.06. The first kappa shape index (κ1) is 17.8. The summed E-state index contributed by atoms with van der Waals surface area (Å²) in [7, 11) is 3.52. The minimum absolute atomic E-state index is 0.252. The molecule has 0 saturated carbocycles. The number of aryl methyl sites for hydroxylation is 1. The number of hydrogen-bond donors (Lipinski definition) is 2. The molecular formula is C19H20N2O5. The maximum atomic E-state index is 11.1. The molecule has 0 radical (unpaired) electrons. The van der Waals surface area contributed by atoms with Crippen molar-refractivity contribution < 1.29 is 24.5 Å². The Morgan fingerprint density at radius 3 is 2.46 bits per heavy atom. The molecule has 0 amide bonds. The standard InChI is InChI=1S/C19H20N2O5/c1-19(24,18(22)23)12-4-6-13(7-5-12)26-11-17-20-15-9-8-14(25-3)10-16(15)21(17)2/h4-10,24H,11H2,1-3H3,(H,22,23). The predicted molar refractivity (Wildman–Crippen MR) is 95.2 cm³/mol. The molecule has 26 heavy (non-hydrogen) atoms. The van der Waals surface area contributed by atoms with Crippen molar-refractivity contribution in [3.05, 3.63) is 53.9 Å². The van der Waals surface area contributed by atoms with Crippen LogP contribution in [0.5, 0.6) is 11.5 Å². The van der Waals surface area contributed by atoms with Crippen molar-refractivity contribution in [2.24, 2.45) is 7.05 Å². The number of nitrogens with zero attached hydrogens (tertiary/aromatic N) is 2. The monoisotopic (exact) mass is 356 g/mol. The number of carbonyl (C=O) groups is 1. The molecule has 1 aromatic heterocycles. The molecule has 3 aromatic rings. The molecule has 0 bridgehead atoms. The van der Waals surface area contributed by atoms with E-state index in [1.54, 1.807) is 19.2 Å². The van der Waals surface area contributed by atoms with E-state index < -0.39 is 11.6 Å². The van der Waals surface area contributed by atoms with Gasteiger partial charge in [0.25, 0.3) is 0 Å². The molecule has 1 atom stereocenters. The second-order valence-corrected chi connectivity index (χ2v) is 6.13. The first-order valence-corrected chi connectivity index (χ1v) is 8.01. The van der Waals surface area contributed by atoms with Crippen molar-refractivity contribution in [3.8, 4) is 11.5 Å². The molecule has 0 spiro atoms. The minimum Gasteiger partial charge on any atom is -0.497 e. The molecule has 0 aliphatic carbocycles. The van der Waals surface area contributed by atoms with E-state index in [0.29, 0.717) is 5.75 Å². The van der Waals surface area contributed by atoms with Gasteiger partial charge in [-0.3, -0.25) is 0 Å². The van der Waals surface area contributed by atoms with Crippen LogP contribution in [0.15, 0.2) is 42.5 Å². The van der Waals surface area contributed by atoms with E-state index in [9.17, 15) is 9.90 Å². The van der Waals surface area contributed by atoms with Crippen LogP contribution < -0.4 is 9.47 Å². The van der Waals surface area contributed by atoms with Crippen LogP contribution in [-0.4, -0.2) is 32.8 Å². The van der Waals surface area contributed by atoms with Crippen molar-refractivity contribution >= 4 is 17.0 Å². The third-order valence-electron chi connectivity index (χ3n) is 4.38. The van der Waals surface area contributed by atoms with Crippen molar-refractivity contribution in [1.82, 2.24) is 9.55 Å². The maximum absolute atomic E-state index is 11.1. The summed E-state index contributed by atoms with van der Waals surface area (Å²) in [4.78, 5) is 15.6. The number of benzene rings is 2. The summed E-state index contributed by atoms with van der Waals surface area (Å²) in [6.45, 7) is 1.49. The maximum Gasteiger partial charge on any atom is 0.340 e. The van der Waals surface area contributed by atoms with Crippen LogP contribution in [-0.2, 0) is 24.1 Å². The van der Waals surface area contributed by atoms with Crippen molar-refractivity contribution in [1.29, 1.82) is 0 Å². The van der Waals surface area contributed by atoms with Crippen LogP contribution in [0.1, 0.15) is 18.3 Å². The summed E-state index contributed by atoms with van der Waals surface area (Å²) >= 11 is 0. The minimum atomic E-state index is -1.94. The lowest BCUT2D eigenvalue weighted by molar-refractivity contribution is -0.157. The molecule has 7 heteroatoms. The molecule has 1 unspecified atom stereocenters. The van der Waals surface area contributed by atoms with Gasteiger partial charge < -0.3 is 24.3 Å². The fourth-order valence-corrected chi connectivity index (χ4v) is 2.62. The zero-order valence-corrected chi connectivity index (χ0v) is 14.8. The van der Waals surface area contributed by atoms with Crippen LogP contribution in [0.2, 0.25) is 0 Å². The third-order valence-corrected chi connectivity index (χ3v) is 4.38. The fourth-order valence-electron chi connectivity index (χ4n) is 2.62. The van der Waals surface area contributed by atoms with E-state index in [4.69, 9.17) is 14.6 Å². The van der Waals surface area contributed by atoms with E-state index >= 15 is 0 Å². The number of ether oxygens (including phenoxy) is 2. The van der Waals surface area contributed by atoms with Crippen molar-refractivity contribution in [2.75, 3.05) is 7.11 Å². The van der Waals surface area contributed by atoms with Gasteiger partial charge in [-0.15, -0.1) is 0 Å². The highest BCUT2D eigenvalue weighted by Crippen LogP contribution is 2.25. The highest BCUT2D eigenvalue weighted by atomic mass is 16.5. The predicted octanol–water partition coefficient (Wildman–Crippen LogP) is 2.45. The highest BCUT2D eigenvalue weighted by Gasteiger charge is 2.31. The van der Waals surface area contributed by atoms with E-state index in [0.717, 1.165) is 22.6 Å². The SMILES string of the molecule is COc1ccc2nc(COc3ccc(C(C)(O)C(=O)O)cc3)n(C)c2c1. The largest absolute Gasteiger partial charge is 0.497 e. The summed E-state index contributed by atoms with van der Waals surface area (Å²) in [5, 5.41) is 19.0. The Labute approximate surface area is 150 Å². The molecule has 2 aromatic carbocycles. The van der Waals surface area contributed by atoms with Crippen LogP contribution >= 0.6 is 0 Å². The molecule has 0 fully saturated rings. The van der Waals surface area contributed by atoms with E-state index in [-0.39, 0.29) is 12.2 Å². The summed E-state index contributed by atoms with van der Waals surface area (Å²) in [5.74, 6) is 0.754. The van der Waals surface area contributed by atoms with Gasteiger partial charge in [-0.05, 0) is 36.8 Å². The average Bonchev–Trinajstić information content (AvgIpc) is 2.95. The zero-order chi connectivity index (χ0) is 18.9. The van der Waals surface area contributed by atoms with Gasteiger partial charge in [-0.1, -0.05) is 12.1 Å². The lowest BCUT2D eigenvalue weighted by atomic mass is 9.96. The lowest BCUT2D eigenvalue weighted by Gasteiger charge is -2.18. The second kappa shape index (κ2) is 6.68. The van der Waals surface area contributed by atoms with Gasteiger partial charge in [0.05, 0.1) is 18.1 Å². The Kier molecular flexibility index (Phi) is 4.56. The molecule has 7 nitrogen and oxygen atoms in total. The van der Waals surface area contributed by atoms with Crippen molar-refractivity contribution in [2.45, 2.75) is 19.1 Å². The molecule has 1 heterocycles. The molecule has 0 saturated heterocycles. The van der Waals surface area contributed by atoms with Gasteiger partial charge in [0.2, 0.25) is 0 Å². The number of imidazole rings is 1. The van der Waals surface area contributed by atoms with Gasteiger partial charge in [-0.25, -0.2) is 9.78 Å².